The number of benzene rings is 2. The molecule has 0 bridgehead atoms. The zero-order valence-electron chi connectivity index (χ0n) is 17.2. The van der Waals surface area contributed by atoms with Crippen LogP contribution in [0.2, 0.25) is 0 Å². The lowest BCUT2D eigenvalue weighted by molar-refractivity contribution is -0.132. The molecule has 4 aromatic rings. The zero-order valence-corrected chi connectivity index (χ0v) is 18.1. The summed E-state index contributed by atoms with van der Waals surface area (Å²) in [5.74, 6) is 1.73. The minimum Gasteiger partial charge on any atom is -0.440 e. The standard InChI is InChI=1S/C23H23N5O2S/c1-15-6-8-16(9-7-15)21-25-26-23(31)28(21)14-20(29)27-12-10-17(11-13-27)22-24-18-4-2-3-5-19(18)30-22/h2-9,17H,10-14H2,1H3,(H,26,31). The highest BCUT2D eigenvalue weighted by Gasteiger charge is 2.27. The molecule has 1 N–H and O–H groups in total. The highest BCUT2D eigenvalue weighted by atomic mass is 32.1. The van der Waals surface area contributed by atoms with Crippen LogP contribution >= 0.6 is 12.2 Å². The van der Waals surface area contributed by atoms with Crippen molar-refractivity contribution in [2.75, 3.05) is 13.1 Å². The molecule has 158 valence electrons. The van der Waals surface area contributed by atoms with Crippen LogP contribution in [0.4, 0.5) is 0 Å². The van der Waals surface area contributed by atoms with Crippen molar-refractivity contribution in [1.29, 1.82) is 0 Å². The monoisotopic (exact) mass is 433 g/mol. The number of aromatic amines is 1. The van der Waals surface area contributed by atoms with E-state index >= 15 is 0 Å². The number of carbonyl (C=O) groups is 1. The normalized spacial score (nSPS) is 14.9. The van der Waals surface area contributed by atoms with Gasteiger partial charge in [0.15, 0.2) is 22.1 Å². The maximum Gasteiger partial charge on any atom is 0.242 e. The Labute approximate surface area is 184 Å². The van der Waals surface area contributed by atoms with Gasteiger partial charge in [0.05, 0.1) is 0 Å². The van der Waals surface area contributed by atoms with Crippen molar-refractivity contribution in [3.63, 3.8) is 0 Å². The van der Waals surface area contributed by atoms with E-state index in [1.165, 1.54) is 5.56 Å². The van der Waals surface area contributed by atoms with Gasteiger partial charge in [-0.05, 0) is 44.1 Å². The average Bonchev–Trinajstić information content (AvgIpc) is 3.38. The smallest absolute Gasteiger partial charge is 0.242 e. The van der Waals surface area contributed by atoms with Crippen LogP contribution in [0.1, 0.15) is 30.2 Å². The number of rotatable bonds is 4. The summed E-state index contributed by atoms with van der Waals surface area (Å²) in [5.41, 5.74) is 3.80. The summed E-state index contributed by atoms with van der Waals surface area (Å²) < 4.78 is 8.15. The molecule has 0 spiro atoms. The molecule has 1 saturated heterocycles. The van der Waals surface area contributed by atoms with Gasteiger partial charge in [0.1, 0.15) is 12.1 Å². The fourth-order valence-electron chi connectivity index (χ4n) is 4.06. The quantitative estimate of drug-likeness (QED) is 0.481. The Morgan fingerprint density at radius 1 is 1.16 bits per heavy atom. The van der Waals surface area contributed by atoms with Crippen molar-refractivity contribution in [2.45, 2.75) is 32.2 Å². The van der Waals surface area contributed by atoms with Gasteiger partial charge in [-0.15, -0.1) is 0 Å². The van der Waals surface area contributed by atoms with Gasteiger partial charge in [-0.25, -0.2) is 4.98 Å². The van der Waals surface area contributed by atoms with Gasteiger partial charge >= 0.3 is 0 Å². The predicted molar refractivity (Wildman–Crippen MR) is 120 cm³/mol. The summed E-state index contributed by atoms with van der Waals surface area (Å²) in [6.07, 6.45) is 1.67. The molecule has 5 rings (SSSR count). The second-order valence-electron chi connectivity index (χ2n) is 7.98. The topological polar surface area (TPSA) is 80.0 Å². The van der Waals surface area contributed by atoms with Crippen molar-refractivity contribution >= 4 is 29.2 Å². The number of piperidine rings is 1. The van der Waals surface area contributed by atoms with E-state index in [2.05, 4.69) is 15.2 Å². The molecule has 1 aliphatic rings. The number of likely N-dealkylation sites (tertiary alicyclic amines) is 1. The molecule has 7 nitrogen and oxygen atoms in total. The third-order valence-corrected chi connectivity index (χ3v) is 6.18. The Balaban J connectivity index is 1.27. The molecule has 1 fully saturated rings. The minimum absolute atomic E-state index is 0.0434. The van der Waals surface area contributed by atoms with Crippen LogP contribution < -0.4 is 0 Å². The molecule has 0 radical (unpaired) electrons. The highest BCUT2D eigenvalue weighted by Crippen LogP contribution is 2.30. The zero-order chi connectivity index (χ0) is 21.4. The Morgan fingerprint density at radius 2 is 1.90 bits per heavy atom. The second kappa shape index (κ2) is 8.11. The van der Waals surface area contributed by atoms with Crippen LogP contribution in [-0.4, -0.2) is 43.6 Å². The SMILES string of the molecule is Cc1ccc(-c2n[nH]c(=S)n2CC(=O)N2CCC(c3nc4ccccc4o3)CC2)cc1. The molecule has 0 aliphatic carbocycles. The Morgan fingerprint density at radius 3 is 2.65 bits per heavy atom. The molecule has 2 aromatic heterocycles. The first-order valence-electron chi connectivity index (χ1n) is 10.4. The van der Waals surface area contributed by atoms with E-state index in [1.54, 1.807) is 4.57 Å². The van der Waals surface area contributed by atoms with Crippen molar-refractivity contribution in [2.24, 2.45) is 0 Å². The maximum absolute atomic E-state index is 13.0. The third kappa shape index (κ3) is 3.90. The number of aromatic nitrogens is 4. The molecule has 2 aromatic carbocycles. The number of nitrogens with one attached hydrogen (secondary N) is 1. The van der Waals surface area contributed by atoms with Crippen LogP contribution in [0.5, 0.6) is 0 Å². The van der Waals surface area contributed by atoms with Gasteiger partial charge in [0, 0.05) is 24.6 Å². The fourth-order valence-corrected chi connectivity index (χ4v) is 4.26. The molecule has 1 amide bonds. The first kappa shape index (κ1) is 19.7. The number of hydrogen-bond acceptors (Lipinski definition) is 5. The lowest BCUT2D eigenvalue weighted by atomic mass is 9.97. The molecule has 31 heavy (non-hydrogen) atoms. The summed E-state index contributed by atoms with van der Waals surface area (Å²) in [6.45, 7) is 3.56. The summed E-state index contributed by atoms with van der Waals surface area (Å²) in [6, 6.07) is 15.8. The Bertz CT molecular complexity index is 1250. The highest BCUT2D eigenvalue weighted by molar-refractivity contribution is 7.71. The predicted octanol–water partition coefficient (Wildman–Crippen LogP) is 4.46. The fraction of sp³-hybridized carbons (Fsp3) is 0.304. The molecule has 0 unspecified atom stereocenters. The van der Waals surface area contributed by atoms with Gasteiger partial charge in [0.2, 0.25) is 5.91 Å². The minimum atomic E-state index is 0.0434. The molecule has 0 saturated carbocycles. The average molecular weight is 434 g/mol. The number of fused-ring (bicyclic) bond motifs is 1. The molecule has 8 heteroatoms. The van der Waals surface area contributed by atoms with Crippen molar-refractivity contribution in [1.82, 2.24) is 24.6 Å². The lowest BCUT2D eigenvalue weighted by Crippen LogP contribution is -2.39. The maximum atomic E-state index is 13.0. The van der Waals surface area contributed by atoms with Crippen LogP contribution in [0.15, 0.2) is 52.9 Å². The molecular weight excluding hydrogens is 410 g/mol. The van der Waals surface area contributed by atoms with Crippen molar-refractivity contribution < 1.29 is 9.21 Å². The van der Waals surface area contributed by atoms with Crippen molar-refractivity contribution in [3.8, 4) is 11.4 Å². The molecule has 1 aliphatic heterocycles. The van der Waals surface area contributed by atoms with E-state index in [0.717, 1.165) is 35.4 Å². The Hall–Kier alpha value is -3.26. The first-order valence-corrected chi connectivity index (χ1v) is 10.8. The van der Waals surface area contributed by atoms with E-state index in [0.29, 0.717) is 23.7 Å². The van der Waals surface area contributed by atoms with E-state index in [9.17, 15) is 4.79 Å². The van der Waals surface area contributed by atoms with Crippen LogP contribution in [-0.2, 0) is 11.3 Å². The van der Waals surface area contributed by atoms with Crippen LogP contribution in [0, 0.1) is 11.7 Å². The number of aryl methyl sites for hydroxylation is 1. The summed E-state index contributed by atoms with van der Waals surface area (Å²) in [4.78, 5) is 19.5. The number of oxazole rings is 1. The molecule has 0 atom stereocenters. The number of nitrogens with zero attached hydrogens (tertiary/aromatic N) is 4. The lowest BCUT2D eigenvalue weighted by Gasteiger charge is -2.30. The summed E-state index contributed by atoms with van der Waals surface area (Å²) in [5, 5.41) is 7.16. The summed E-state index contributed by atoms with van der Waals surface area (Å²) in [7, 11) is 0. The largest absolute Gasteiger partial charge is 0.440 e. The third-order valence-electron chi connectivity index (χ3n) is 5.87. The number of para-hydroxylation sites is 2. The first-order chi connectivity index (χ1) is 15.1. The Kier molecular flexibility index (Phi) is 5.15. The number of amides is 1. The van der Waals surface area contributed by atoms with Gasteiger partial charge in [-0.1, -0.05) is 42.0 Å². The van der Waals surface area contributed by atoms with E-state index < -0.39 is 0 Å². The molecular formula is C23H23N5O2S. The number of carbonyl (C=O) groups excluding carboxylic acids is 1. The van der Waals surface area contributed by atoms with Gasteiger partial charge in [-0.2, -0.15) is 5.10 Å². The van der Waals surface area contributed by atoms with Crippen molar-refractivity contribution in [3.05, 3.63) is 64.8 Å². The van der Waals surface area contributed by atoms with Crippen LogP contribution in [0.3, 0.4) is 0 Å². The van der Waals surface area contributed by atoms with Gasteiger partial charge in [0.25, 0.3) is 0 Å². The van der Waals surface area contributed by atoms with E-state index in [-0.39, 0.29) is 18.4 Å². The van der Waals surface area contributed by atoms with Crippen LogP contribution in [0.25, 0.3) is 22.5 Å². The number of H-pyrrole nitrogens is 1. The second-order valence-corrected chi connectivity index (χ2v) is 8.37. The molecule has 3 heterocycles. The number of hydrogen-bond donors (Lipinski definition) is 1. The van der Waals surface area contributed by atoms with E-state index in [1.807, 2.05) is 60.4 Å². The van der Waals surface area contributed by atoms with Gasteiger partial charge < -0.3 is 9.32 Å². The van der Waals surface area contributed by atoms with E-state index in [4.69, 9.17) is 16.6 Å². The summed E-state index contributed by atoms with van der Waals surface area (Å²) >= 11 is 5.39. The van der Waals surface area contributed by atoms with Gasteiger partial charge in [-0.3, -0.25) is 14.5 Å².